The molecule has 33 heavy (non-hydrogen) atoms. The molecule has 10 heteroatoms. The molecular formula is C23H24F2N4O4. The van der Waals surface area contributed by atoms with Gasteiger partial charge in [0.2, 0.25) is 0 Å². The van der Waals surface area contributed by atoms with Gasteiger partial charge in [0.1, 0.15) is 17.3 Å². The van der Waals surface area contributed by atoms with Crippen molar-refractivity contribution in [3.63, 3.8) is 0 Å². The fraction of sp³-hybridized carbons (Fsp3) is 0.348. The lowest BCUT2D eigenvalue weighted by atomic mass is 10.1. The van der Waals surface area contributed by atoms with Crippen LogP contribution in [0.5, 0.6) is 0 Å². The van der Waals surface area contributed by atoms with Crippen molar-refractivity contribution >= 4 is 23.0 Å². The number of nitrogens with one attached hydrogen (secondary N) is 1. The molecule has 0 spiro atoms. The van der Waals surface area contributed by atoms with Crippen LogP contribution in [0.1, 0.15) is 15.9 Å². The van der Waals surface area contributed by atoms with E-state index in [0.29, 0.717) is 24.2 Å². The molecule has 1 unspecified atom stereocenters. The summed E-state index contributed by atoms with van der Waals surface area (Å²) in [7, 11) is 2.70. The molecule has 1 aliphatic rings. The Bertz CT molecular complexity index is 1200. The highest BCUT2D eigenvalue weighted by Gasteiger charge is 2.28. The summed E-state index contributed by atoms with van der Waals surface area (Å²) in [6.45, 7) is 3.05. The number of amides is 2. The van der Waals surface area contributed by atoms with Crippen LogP contribution in [0.4, 0.5) is 13.6 Å². The van der Waals surface area contributed by atoms with E-state index in [9.17, 15) is 9.59 Å². The Morgan fingerprint density at radius 3 is 2.64 bits per heavy atom. The monoisotopic (exact) mass is 458 g/mol. The molecule has 1 aliphatic heterocycles. The Hall–Kier alpha value is -3.53. The lowest BCUT2D eigenvalue weighted by molar-refractivity contribution is -0.0310. The van der Waals surface area contributed by atoms with E-state index < -0.39 is 29.7 Å². The van der Waals surface area contributed by atoms with Crippen LogP contribution in [-0.4, -0.2) is 66.4 Å². The van der Waals surface area contributed by atoms with Crippen LogP contribution in [-0.2, 0) is 16.0 Å². The summed E-state index contributed by atoms with van der Waals surface area (Å²) in [6, 6.07) is 5.55. The number of nitrogens with zero attached hydrogens (tertiary/aromatic N) is 3. The molecule has 4 rings (SSSR count). The van der Waals surface area contributed by atoms with Gasteiger partial charge in [0.25, 0.3) is 5.91 Å². The molecule has 1 N–H and O–H groups in total. The van der Waals surface area contributed by atoms with E-state index in [0.717, 1.165) is 17.7 Å². The van der Waals surface area contributed by atoms with Gasteiger partial charge in [-0.1, -0.05) is 0 Å². The minimum absolute atomic E-state index is 0.114. The molecular weight excluding hydrogens is 434 g/mol. The maximum Gasteiger partial charge on any atom is 0.409 e. The predicted octanol–water partition coefficient (Wildman–Crippen LogP) is 3.12. The molecule has 3 aromatic rings. The zero-order valence-electron chi connectivity index (χ0n) is 18.5. The number of rotatable bonds is 4. The first-order chi connectivity index (χ1) is 15.8. The minimum atomic E-state index is -0.866. The molecule has 0 saturated carbocycles. The second kappa shape index (κ2) is 9.14. The number of pyridine rings is 1. The smallest absolute Gasteiger partial charge is 0.409 e. The normalized spacial score (nSPS) is 16.2. The van der Waals surface area contributed by atoms with Gasteiger partial charge in [-0.3, -0.25) is 4.79 Å². The van der Waals surface area contributed by atoms with Gasteiger partial charge < -0.3 is 24.3 Å². The number of hydrogen-bond acceptors (Lipinski definition) is 5. The summed E-state index contributed by atoms with van der Waals surface area (Å²) in [4.78, 5) is 29.8. The third-order valence-corrected chi connectivity index (χ3v) is 5.62. The Kier molecular flexibility index (Phi) is 6.28. The number of halogens is 2. The summed E-state index contributed by atoms with van der Waals surface area (Å²) in [5, 5.41) is 3.07. The summed E-state index contributed by atoms with van der Waals surface area (Å²) in [6.07, 6.45) is 0.773. The fourth-order valence-corrected chi connectivity index (χ4v) is 4.07. The number of morpholine rings is 1. The van der Waals surface area contributed by atoms with Gasteiger partial charge in [-0.25, -0.2) is 18.6 Å². The highest BCUT2D eigenvalue weighted by molar-refractivity contribution is 5.95. The van der Waals surface area contributed by atoms with Gasteiger partial charge in [0, 0.05) is 30.7 Å². The molecule has 1 atom stereocenters. The number of aryl methyl sites for hydroxylation is 1. The number of methoxy groups -OCH3 is 1. The van der Waals surface area contributed by atoms with Gasteiger partial charge in [-0.05, 0) is 36.8 Å². The molecule has 1 saturated heterocycles. The Morgan fingerprint density at radius 2 is 1.97 bits per heavy atom. The molecule has 1 fully saturated rings. The van der Waals surface area contributed by atoms with E-state index in [4.69, 9.17) is 9.47 Å². The lowest BCUT2D eigenvalue weighted by Gasteiger charge is -2.32. The fourth-order valence-electron chi connectivity index (χ4n) is 4.07. The third-order valence-electron chi connectivity index (χ3n) is 5.62. The molecule has 1 aromatic carbocycles. The number of ether oxygens (including phenoxy) is 2. The highest BCUT2D eigenvalue weighted by atomic mass is 19.1. The quantitative estimate of drug-likeness (QED) is 0.649. The Balaban J connectivity index is 1.79. The van der Waals surface area contributed by atoms with E-state index in [-0.39, 0.29) is 29.9 Å². The number of carbonyl (C=O) groups excluding carboxylic acids is 2. The molecule has 2 aromatic heterocycles. The summed E-state index contributed by atoms with van der Waals surface area (Å²) in [5.41, 5.74) is 1.31. The van der Waals surface area contributed by atoms with Crippen molar-refractivity contribution in [2.24, 2.45) is 0 Å². The number of carbonyl (C=O) groups is 2. The SMILES string of the molecule is CNC(=O)c1cc(F)c(-c2cc3cc(C)cnc3n2CC2CN(C(=O)OC)CCO2)c(F)c1. The summed E-state index contributed by atoms with van der Waals surface area (Å²) >= 11 is 0. The molecule has 0 bridgehead atoms. The van der Waals surface area contributed by atoms with Gasteiger partial charge in [0.15, 0.2) is 0 Å². The average molecular weight is 458 g/mol. The lowest BCUT2D eigenvalue weighted by Crippen LogP contribution is -2.47. The third kappa shape index (κ3) is 4.38. The first-order valence-electron chi connectivity index (χ1n) is 10.4. The van der Waals surface area contributed by atoms with Crippen molar-refractivity contribution in [3.8, 4) is 11.3 Å². The standard InChI is InChI=1S/C23H24F2N4O4/c1-13-6-14-9-19(20-17(24)7-15(8-18(20)25)22(30)26-2)29(21(14)27-10-13)12-16-11-28(4-5-33-16)23(31)32-3/h6-10,16H,4-5,11-12H2,1-3H3,(H,26,30). The van der Waals surface area contributed by atoms with E-state index in [2.05, 4.69) is 10.3 Å². The predicted molar refractivity (Wildman–Crippen MR) is 117 cm³/mol. The first-order valence-corrected chi connectivity index (χ1v) is 10.4. The van der Waals surface area contributed by atoms with Crippen LogP contribution < -0.4 is 5.32 Å². The minimum Gasteiger partial charge on any atom is -0.453 e. The van der Waals surface area contributed by atoms with E-state index >= 15 is 8.78 Å². The second-order valence-corrected chi connectivity index (χ2v) is 7.87. The first kappa shape index (κ1) is 22.7. The van der Waals surface area contributed by atoms with Crippen molar-refractivity contribution < 1.29 is 27.8 Å². The van der Waals surface area contributed by atoms with Crippen molar-refractivity contribution in [3.05, 3.63) is 53.2 Å². The van der Waals surface area contributed by atoms with Crippen LogP contribution in [0.15, 0.2) is 30.5 Å². The van der Waals surface area contributed by atoms with Gasteiger partial charge >= 0.3 is 6.09 Å². The van der Waals surface area contributed by atoms with Gasteiger partial charge in [-0.2, -0.15) is 0 Å². The molecule has 0 radical (unpaired) electrons. The number of benzene rings is 1. The molecule has 174 valence electrons. The van der Waals surface area contributed by atoms with Crippen LogP contribution in [0.2, 0.25) is 0 Å². The zero-order valence-corrected chi connectivity index (χ0v) is 18.5. The van der Waals surface area contributed by atoms with Crippen LogP contribution >= 0.6 is 0 Å². The van der Waals surface area contributed by atoms with E-state index in [1.807, 2.05) is 13.0 Å². The Labute approximate surface area is 189 Å². The van der Waals surface area contributed by atoms with Crippen molar-refractivity contribution in [1.29, 1.82) is 0 Å². The number of fused-ring (bicyclic) bond motifs is 1. The second-order valence-electron chi connectivity index (χ2n) is 7.87. The number of aromatic nitrogens is 2. The van der Waals surface area contributed by atoms with E-state index in [1.54, 1.807) is 16.8 Å². The van der Waals surface area contributed by atoms with Crippen LogP contribution in [0, 0.1) is 18.6 Å². The van der Waals surface area contributed by atoms with Gasteiger partial charge in [-0.15, -0.1) is 0 Å². The topological polar surface area (TPSA) is 85.7 Å². The van der Waals surface area contributed by atoms with Crippen LogP contribution in [0.25, 0.3) is 22.3 Å². The highest BCUT2D eigenvalue weighted by Crippen LogP contribution is 2.33. The molecule has 3 heterocycles. The molecule has 8 nitrogen and oxygen atoms in total. The molecule has 0 aliphatic carbocycles. The summed E-state index contributed by atoms with van der Waals surface area (Å²) < 4.78 is 42.5. The van der Waals surface area contributed by atoms with Gasteiger partial charge in [0.05, 0.1) is 44.2 Å². The van der Waals surface area contributed by atoms with E-state index in [1.165, 1.54) is 19.1 Å². The van der Waals surface area contributed by atoms with Crippen molar-refractivity contribution in [2.45, 2.75) is 19.6 Å². The molecule has 2 amide bonds. The Morgan fingerprint density at radius 1 is 1.24 bits per heavy atom. The number of hydrogen-bond donors (Lipinski definition) is 1. The van der Waals surface area contributed by atoms with Crippen molar-refractivity contribution in [1.82, 2.24) is 19.8 Å². The average Bonchev–Trinajstić information content (AvgIpc) is 3.14. The van der Waals surface area contributed by atoms with Crippen molar-refractivity contribution in [2.75, 3.05) is 33.9 Å². The van der Waals surface area contributed by atoms with Crippen LogP contribution in [0.3, 0.4) is 0 Å². The largest absolute Gasteiger partial charge is 0.453 e. The summed E-state index contributed by atoms with van der Waals surface area (Å²) in [5.74, 6) is -2.32. The maximum atomic E-state index is 15.1. The maximum absolute atomic E-state index is 15.1. The zero-order chi connectivity index (χ0) is 23.7.